The molecule has 1 nitrogen and oxygen atoms in total. The summed E-state index contributed by atoms with van der Waals surface area (Å²) < 4.78 is 0. The molecule has 0 unspecified atom stereocenters. The number of hydrogen-bond donors (Lipinski definition) is 2. The summed E-state index contributed by atoms with van der Waals surface area (Å²) in [7, 11) is 0. The molecule has 0 aliphatic carbocycles. The van der Waals surface area contributed by atoms with Crippen molar-refractivity contribution in [3.63, 3.8) is 0 Å². The Morgan fingerprint density at radius 1 is 1.62 bits per heavy atom. The minimum absolute atomic E-state index is 0.730. The zero-order chi connectivity index (χ0) is 5.98. The number of benzene rings is 1. The van der Waals surface area contributed by atoms with Gasteiger partial charge in [-0.1, -0.05) is 6.07 Å². The Morgan fingerprint density at radius 2 is 2.38 bits per heavy atom. The molecule has 8 heavy (non-hydrogen) atoms. The van der Waals surface area contributed by atoms with Gasteiger partial charge in [-0.15, -0.1) is 12.6 Å². The van der Waals surface area contributed by atoms with Gasteiger partial charge in [0.1, 0.15) is 0 Å². The van der Waals surface area contributed by atoms with Crippen LogP contribution in [0, 0.1) is 6.07 Å². The van der Waals surface area contributed by atoms with Gasteiger partial charge in [-0.2, -0.15) is 0 Å². The maximum Gasteiger partial charge on any atom is 0.0325 e. The van der Waals surface area contributed by atoms with Crippen LogP contribution >= 0.6 is 12.6 Å². The highest BCUT2D eigenvalue weighted by atomic mass is 32.1. The molecule has 0 aliphatic heterocycles. The summed E-state index contributed by atoms with van der Waals surface area (Å²) in [5.41, 5.74) is 6.12. The van der Waals surface area contributed by atoms with Gasteiger partial charge in [-0.05, 0) is 18.2 Å². The molecule has 1 rings (SSSR count). The second-order valence-electron chi connectivity index (χ2n) is 1.51. The van der Waals surface area contributed by atoms with Gasteiger partial charge in [-0.3, -0.25) is 0 Å². The van der Waals surface area contributed by atoms with Gasteiger partial charge in [0.25, 0.3) is 0 Å². The van der Waals surface area contributed by atoms with Crippen molar-refractivity contribution in [1.29, 1.82) is 0 Å². The lowest BCUT2D eigenvalue weighted by atomic mass is 10.3. The summed E-state index contributed by atoms with van der Waals surface area (Å²) in [6.45, 7) is 0. The summed E-state index contributed by atoms with van der Waals surface area (Å²) in [4.78, 5) is 0.782. The van der Waals surface area contributed by atoms with E-state index >= 15 is 0 Å². The van der Waals surface area contributed by atoms with Crippen LogP contribution in [0.1, 0.15) is 0 Å². The van der Waals surface area contributed by atoms with E-state index in [9.17, 15) is 0 Å². The molecule has 2 heteroatoms. The van der Waals surface area contributed by atoms with E-state index in [4.69, 9.17) is 5.73 Å². The van der Waals surface area contributed by atoms with E-state index in [1.54, 1.807) is 18.2 Å². The zero-order valence-electron chi connectivity index (χ0n) is 4.26. The normalized spacial score (nSPS) is 9.12. The van der Waals surface area contributed by atoms with Crippen LogP contribution in [-0.2, 0) is 0 Å². The minimum Gasteiger partial charge on any atom is -0.399 e. The SMILES string of the molecule is Nc1cc[c]c(S)c1. The van der Waals surface area contributed by atoms with Gasteiger partial charge in [0, 0.05) is 10.6 Å². The van der Waals surface area contributed by atoms with Crippen molar-refractivity contribution in [1.82, 2.24) is 0 Å². The van der Waals surface area contributed by atoms with Crippen molar-refractivity contribution >= 4 is 18.3 Å². The Kier molecular flexibility index (Phi) is 1.44. The van der Waals surface area contributed by atoms with Crippen LogP contribution in [0.3, 0.4) is 0 Å². The maximum atomic E-state index is 5.39. The van der Waals surface area contributed by atoms with Crippen molar-refractivity contribution < 1.29 is 0 Å². The van der Waals surface area contributed by atoms with Crippen molar-refractivity contribution in [2.24, 2.45) is 0 Å². The predicted molar refractivity (Wildman–Crippen MR) is 36.9 cm³/mol. The first-order chi connectivity index (χ1) is 3.79. The van der Waals surface area contributed by atoms with E-state index in [0.717, 1.165) is 10.6 Å². The number of nitrogen functional groups attached to an aromatic ring is 1. The monoisotopic (exact) mass is 124 g/mol. The van der Waals surface area contributed by atoms with E-state index in [2.05, 4.69) is 18.7 Å². The van der Waals surface area contributed by atoms with Crippen LogP contribution in [0.25, 0.3) is 0 Å². The fraction of sp³-hybridized carbons (Fsp3) is 0. The van der Waals surface area contributed by atoms with E-state index < -0.39 is 0 Å². The van der Waals surface area contributed by atoms with Crippen LogP contribution < -0.4 is 5.73 Å². The highest BCUT2D eigenvalue weighted by molar-refractivity contribution is 7.80. The molecule has 1 aromatic carbocycles. The molecular weight excluding hydrogens is 118 g/mol. The number of rotatable bonds is 0. The Labute approximate surface area is 53.9 Å². The average molecular weight is 124 g/mol. The fourth-order valence-electron chi connectivity index (χ4n) is 0.471. The molecule has 0 spiro atoms. The van der Waals surface area contributed by atoms with E-state index in [0.29, 0.717) is 0 Å². The lowest BCUT2D eigenvalue weighted by molar-refractivity contribution is 1.46. The second kappa shape index (κ2) is 2.09. The summed E-state index contributed by atoms with van der Waals surface area (Å²) in [6, 6.07) is 8.13. The quantitative estimate of drug-likeness (QED) is 0.396. The topological polar surface area (TPSA) is 26.0 Å². The van der Waals surface area contributed by atoms with Crippen LogP contribution in [-0.4, -0.2) is 0 Å². The van der Waals surface area contributed by atoms with Crippen molar-refractivity contribution in [2.75, 3.05) is 5.73 Å². The summed E-state index contributed by atoms with van der Waals surface area (Å²) in [6.07, 6.45) is 0. The lowest BCUT2D eigenvalue weighted by Gasteiger charge is -1.89. The average Bonchev–Trinajstić information content (AvgIpc) is 1.64. The predicted octanol–water partition coefficient (Wildman–Crippen LogP) is 1.36. The Morgan fingerprint density at radius 3 is 2.75 bits per heavy atom. The third-order valence-corrected chi connectivity index (χ3v) is 1.07. The summed E-state index contributed by atoms with van der Waals surface area (Å²) in [5.74, 6) is 0. The van der Waals surface area contributed by atoms with E-state index in [1.165, 1.54) is 0 Å². The molecule has 0 amide bonds. The molecule has 0 saturated heterocycles. The molecule has 1 radical (unpaired) electrons. The number of nitrogens with two attached hydrogens (primary N) is 1. The molecule has 0 aromatic heterocycles. The molecule has 0 fully saturated rings. The molecule has 0 heterocycles. The van der Waals surface area contributed by atoms with Gasteiger partial charge in [0.2, 0.25) is 0 Å². The number of hydrogen-bond acceptors (Lipinski definition) is 2. The van der Waals surface area contributed by atoms with Crippen molar-refractivity contribution in [3.8, 4) is 0 Å². The van der Waals surface area contributed by atoms with E-state index in [1.807, 2.05) is 0 Å². The minimum atomic E-state index is 0.730. The summed E-state index contributed by atoms with van der Waals surface area (Å²) in [5, 5.41) is 0. The highest BCUT2D eigenvalue weighted by Gasteiger charge is 1.82. The first kappa shape index (κ1) is 5.51. The highest BCUT2D eigenvalue weighted by Crippen LogP contribution is 2.07. The Bertz CT molecular complexity index is 168. The number of thiol groups is 1. The maximum absolute atomic E-state index is 5.39. The largest absolute Gasteiger partial charge is 0.399 e. The molecule has 0 aliphatic rings. The molecular formula is C6H6NS. The molecule has 41 valence electrons. The molecule has 0 saturated carbocycles. The first-order valence-electron chi connectivity index (χ1n) is 2.25. The Hall–Kier alpha value is -0.630. The van der Waals surface area contributed by atoms with Gasteiger partial charge >= 0.3 is 0 Å². The first-order valence-corrected chi connectivity index (χ1v) is 2.70. The van der Waals surface area contributed by atoms with Gasteiger partial charge < -0.3 is 5.73 Å². The third kappa shape index (κ3) is 1.17. The van der Waals surface area contributed by atoms with Crippen molar-refractivity contribution in [3.05, 3.63) is 24.3 Å². The molecule has 0 bridgehead atoms. The van der Waals surface area contributed by atoms with Crippen molar-refractivity contribution in [2.45, 2.75) is 4.90 Å². The van der Waals surface area contributed by atoms with Crippen LogP contribution in [0.15, 0.2) is 23.1 Å². The Balaban J connectivity index is 3.08. The molecule has 0 atom stereocenters. The summed E-state index contributed by atoms with van der Waals surface area (Å²) >= 11 is 4.02. The third-order valence-electron chi connectivity index (χ3n) is 0.810. The molecule has 1 aromatic rings. The smallest absolute Gasteiger partial charge is 0.0325 e. The van der Waals surface area contributed by atoms with Crippen LogP contribution in [0.2, 0.25) is 0 Å². The van der Waals surface area contributed by atoms with Crippen LogP contribution in [0.4, 0.5) is 5.69 Å². The lowest BCUT2D eigenvalue weighted by Crippen LogP contribution is -1.81. The number of anilines is 1. The standard InChI is InChI=1S/C6H6NS/c7-5-2-1-3-6(8)4-5/h1-2,4,8H,7H2. The van der Waals surface area contributed by atoms with Gasteiger partial charge in [-0.25, -0.2) is 0 Å². The molecule has 2 N–H and O–H groups in total. The van der Waals surface area contributed by atoms with Gasteiger partial charge in [0.05, 0.1) is 0 Å². The van der Waals surface area contributed by atoms with Crippen LogP contribution in [0.5, 0.6) is 0 Å². The second-order valence-corrected chi connectivity index (χ2v) is 1.99. The fourth-order valence-corrected chi connectivity index (χ4v) is 0.695. The zero-order valence-corrected chi connectivity index (χ0v) is 5.15. The van der Waals surface area contributed by atoms with E-state index in [-0.39, 0.29) is 0 Å². The van der Waals surface area contributed by atoms with Gasteiger partial charge in [0.15, 0.2) is 0 Å².